The Kier molecular flexibility index (Phi) is 4.98. The number of aryl methyl sites for hydroxylation is 1. The average molecular weight is 340 g/mol. The van der Waals surface area contributed by atoms with Crippen molar-refractivity contribution in [1.29, 1.82) is 0 Å². The molecule has 1 aromatic carbocycles. The fraction of sp³-hybridized carbons (Fsp3) is 0.381. The first-order chi connectivity index (χ1) is 12.0. The van der Waals surface area contributed by atoms with Crippen LogP contribution < -0.4 is 5.43 Å². The number of aromatic hydroxyl groups is 2. The summed E-state index contributed by atoms with van der Waals surface area (Å²) in [7, 11) is 0. The summed E-state index contributed by atoms with van der Waals surface area (Å²) in [6, 6.07) is 7.94. The van der Waals surface area contributed by atoms with Crippen molar-refractivity contribution in [3.8, 4) is 22.8 Å². The van der Waals surface area contributed by atoms with Gasteiger partial charge in [-0.2, -0.15) is 0 Å². The van der Waals surface area contributed by atoms with E-state index in [1.807, 2.05) is 13.0 Å². The molecule has 1 fully saturated rings. The van der Waals surface area contributed by atoms with Crippen molar-refractivity contribution in [3.05, 3.63) is 46.1 Å². The van der Waals surface area contributed by atoms with Gasteiger partial charge in [0.15, 0.2) is 17.1 Å². The molecule has 1 aliphatic heterocycles. The van der Waals surface area contributed by atoms with Crippen LogP contribution in [0.5, 0.6) is 11.5 Å². The third-order valence-corrected chi connectivity index (χ3v) is 4.99. The molecule has 0 amide bonds. The highest BCUT2D eigenvalue weighted by Gasteiger charge is 2.19. The van der Waals surface area contributed by atoms with Crippen LogP contribution in [0.3, 0.4) is 0 Å². The second-order valence-electron chi connectivity index (χ2n) is 6.91. The summed E-state index contributed by atoms with van der Waals surface area (Å²) in [5, 5.41) is 20.3. The SMILES string of the molecule is CC1CCCCC1.Cc1c2ccc(=O)c(O)c-2oc2c(O)cccc12. The molecule has 2 aliphatic carbocycles. The Morgan fingerprint density at radius 3 is 2.40 bits per heavy atom. The third kappa shape index (κ3) is 3.48. The van der Waals surface area contributed by atoms with Gasteiger partial charge in [0.1, 0.15) is 0 Å². The van der Waals surface area contributed by atoms with Crippen molar-refractivity contribution in [2.75, 3.05) is 0 Å². The van der Waals surface area contributed by atoms with Crippen molar-refractivity contribution in [3.63, 3.8) is 0 Å². The van der Waals surface area contributed by atoms with Crippen molar-refractivity contribution in [2.24, 2.45) is 5.92 Å². The fourth-order valence-corrected chi connectivity index (χ4v) is 3.43. The quantitative estimate of drug-likeness (QED) is 0.552. The fourth-order valence-electron chi connectivity index (χ4n) is 3.43. The van der Waals surface area contributed by atoms with Gasteiger partial charge in [-0.3, -0.25) is 4.79 Å². The van der Waals surface area contributed by atoms with E-state index in [2.05, 4.69) is 6.92 Å². The van der Waals surface area contributed by atoms with Crippen LogP contribution in [0.15, 0.2) is 39.5 Å². The summed E-state index contributed by atoms with van der Waals surface area (Å²) < 4.78 is 5.47. The molecule has 0 spiro atoms. The van der Waals surface area contributed by atoms with Crippen molar-refractivity contribution >= 4 is 11.0 Å². The highest BCUT2D eigenvalue weighted by Crippen LogP contribution is 2.38. The maximum absolute atomic E-state index is 11.4. The normalized spacial score (nSPS) is 15.1. The molecule has 2 N–H and O–H groups in total. The lowest BCUT2D eigenvalue weighted by molar-refractivity contribution is 0.385. The smallest absolute Gasteiger partial charge is 0.224 e. The molecule has 4 rings (SSSR count). The van der Waals surface area contributed by atoms with Crippen LogP contribution in [0.2, 0.25) is 0 Å². The van der Waals surface area contributed by atoms with Gasteiger partial charge in [0.25, 0.3) is 0 Å². The second-order valence-corrected chi connectivity index (χ2v) is 6.91. The predicted molar refractivity (Wildman–Crippen MR) is 99.4 cm³/mol. The molecular weight excluding hydrogens is 316 g/mol. The van der Waals surface area contributed by atoms with Gasteiger partial charge in [-0.1, -0.05) is 51.2 Å². The highest BCUT2D eigenvalue weighted by molar-refractivity contribution is 5.91. The van der Waals surface area contributed by atoms with Gasteiger partial charge in [0, 0.05) is 10.9 Å². The average Bonchev–Trinajstić information content (AvgIpc) is 2.61. The van der Waals surface area contributed by atoms with E-state index >= 15 is 0 Å². The van der Waals surface area contributed by atoms with Gasteiger partial charge in [0.05, 0.1) is 0 Å². The lowest BCUT2D eigenvalue weighted by Gasteiger charge is -2.15. The van der Waals surface area contributed by atoms with E-state index in [9.17, 15) is 15.0 Å². The molecule has 4 nitrogen and oxygen atoms in total. The summed E-state index contributed by atoms with van der Waals surface area (Å²) in [5.41, 5.74) is 1.27. The summed E-state index contributed by atoms with van der Waals surface area (Å²) in [5.74, 6) is 0.691. The first-order valence-corrected chi connectivity index (χ1v) is 8.86. The Morgan fingerprint density at radius 2 is 1.76 bits per heavy atom. The predicted octanol–water partition coefficient (Wildman–Crippen LogP) is 5.20. The molecule has 25 heavy (non-hydrogen) atoms. The maximum Gasteiger partial charge on any atom is 0.224 e. The number of para-hydroxylation sites is 1. The van der Waals surface area contributed by atoms with E-state index in [4.69, 9.17) is 4.42 Å². The molecular formula is C21H24O4. The van der Waals surface area contributed by atoms with Crippen LogP contribution in [0.25, 0.3) is 22.3 Å². The van der Waals surface area contributed by atoms with Crippen LogP contribution in [0, 0.1) is 12.8 Å². The Bertz CT molecular complexity index is 904. The Hall–Kier alpha value is -2.49. The van der Waals surface area contributed by atoms with Crippen LogP contribution >= 0.6 is 0 Å². The van der Waals surface area contributed by atoms with E-state index in [1.54, 1.807) is 12.1 Å². The molecule has 1 aromatic rings. The number of phenols is 2. The van der Waals surface area contributed by atoms with Crippen LogP contribution in [-0.4, -0.2) is 10.2 Å². The van der Waals surface area contributed by atoms with Crippen molar-refractivity contribution in [2.45, 2.75) is 46.0 Å². The standard InChI is InChI=1S/C14H10O4.C7H14/c1-7-8-3-2-4-11(16)13(8)18-14-9(7)5-6-10(15)12(14)17;1-7-5-3-2-4-6-7/h2-6,16-17H,1H3;7H,2-6H2,1H3. The van der Waals surface area contributed by atoms with Gasteiger partial charge < -0.3 is 14.6 Å². The van der Waals surface area contributed by atoms with Gasteiger partial charge >= 0.3 is 0 Å². The number of rotatable bonds is 0. The summed E-state index contributed by atoms with van der Waals surface area (Å²) >= 11 is 0. The summed E-state index contributed by atoms with van der Waals surface area (Å²) in [6.07, 6.45) is 7.44. The Balaban J connectivity index is 0.000000219. The van der Waals surface area contributed by atoms with Gasteiger partial charge in [-0.25, -0.2) is 0 Å². The number of benzene rings is 2. The first kappa shape index (κ1) is 17.3. The van der Waals surface area contributed by atoms with Gasteiger partial charge in [-0.15, -0.1) is 0 Å². The minimum Gasteiger partial charge on any atom is -0.504 e. The third-order valence-electron chi connectivity index (χ3n) is 4.99. The van der Waals surface area contributed by atoms with E-state index in [1.165, 1.54) is 44.2 Å². The summed E-state index contributed by atoms with van der Waals surface area (Å²) in [6.45, 7) is 4.21. The molecule has 0 saturated heterocycles. The molecule has 0 bridgehead atoms. The molecule has 132 valence electrons. The number of phenolic OH excluding ortho intramolecular Hbond substituents is 2. The molecule has 4 heteroatoms. The van der Waals surface area contributed by atoms with Crippen molar-refractivity contribution in [1.82, 2.24) is 0 Å². The lowest BCUT2D eigenvalue weighted by Crippen LogP contribution is -2.01. The largest absolute Gasteiger partial charge is 0.504 e. The molecule has 3 aliphatic rings. The second kappa shape index (κ2) is 7.18. The van der Waals surface area contributed by atoms with Crippen LogP contribution in [0.1, 0.15) is 44.6 Å². The molecule has 1 heterocycles. The maximum atomic E-state index is 11.4. The molecule has 0 aromatic heterocycles. The van der Waals surface area contributed by atoms with Crippen LogP contribution in [-0.2, 0) is 0 Å². The first-order valence-electron chi connectivity index (χ1n) is 8.86. The molecule has 0 radical (unpaired) electrons. The topological polar surface area (TPSA) is 70.7 Å². The zero-order chi connectivity index (χ0) is 18.0. The number of hydrogen-bond donors (Lipinski definition) is 2. The number of hydrogen-bond acceptors (Lipinski definition) is 4. The minimum atomic E-state index is -0.500. The monoisotopic (exact) mass is 340 g/mol. The highest BCUT2D eigenvalue weighted by atomic mass is 16.4. The zero-order valence-electron chi connectivity index (χ0n) is 14.7. The van der Waals surface area contributed by atoms with Crippen molar-refractivity contribution < 1.29 is 14.6 Å². The summed E-state index contributed by atoms with van der Waals surface area (Å²) in [4.78, 5) is 11.4. The molecule has 0 unspecified atom stereocenters. The molecule has 1 saturated carbocycles. The Morgan fingerprint density at radius 1 is 1.04 bits per heavy atom. The lowest BCUT2D eigenvalue weighted by atomic mass is 9.91. The van der Waals surface area contributed by atoms with Gasteiger partial charge in [0.2, 0.25) is 11.2 Å². The molecule has 0 atom stereocenters. The van der Waals surface area contributed by atoms with E-state index in [0.717, 1.165) is 16.9 Å². The van der Waals surface area contributed by atoms with E-state index in [-0.39, 0.29) is 17.1 Å². The zero-order valence-corrected chi connectivity index (χ0v) is 14.7. The van der Waals surface area contributed by atoms with E-state index in [0.29, 0.717) is 5.56 Å². The Labute approximate surface area is 147 Å². The van der Waals surface area contributed by atoms with E-state index < -0.39 is 11.2 Å². The van der Waals surface area contributed by atoms with Gasteiger partial charge in [-0.05, 0) is 36.6 Å². The number of fused-ring (bicyclic) bond motifs is 2. The van der Waals surface area contributed by atoms with Crippen LogP contribution in [0.4, 0.5) is 0 Å². The minimum absolute atomic E-state index is 0.0202.